The molecule has 4 aliphatic rings. The molecule has 1 amide bonds. The maximum absolute atomic E-state index is 13.5. The number of nitrogen functional groups attached to an aromatic ring is 1. The average molecular weight is 634 g/mol. The fourth-order valence-electron chi connectivity index (χ4n) is 7.06. The van der Waals surface area contributed by atoms with Gasteiger partial charge in [0.05, 0.1) is 24.1 Å². The third kappa shape index (κ3) is 4.55. The van der Waals surface area contributed by atoms with Gasteiger partial charge in [0, 0.05) is 46.5 Å². The van der Waals surface area contributed by atoms with E-state index in [0.717, 1.165) is 49.2 Å². The number of aromatic nitrogens is 4. The van der Waals surface area contributed by atoms with Crippen molar-refractivity contribution in [2.45, 2.75) is 80.3 Å². The number of nitrogens with zero attached hydrogens (tertiary/aromatic N) is 6. The van der Waals surface area contributed by atoms with Gasteiger partial charge < -0.3 is 22.1 Å². The zero-order valence-corrected chi connectivity index (χ0v) is 23.7. The Balaban J connectivity index is 1.24. The molecule has 6 N–H and O–H groups in total. The Morgan fingerprint density at radius 1 is 0.911 bits per heavy atom. The molecular formula is C29H29F6N9O. The summed E-state index contributed by atoms with van der Waals surface area (Å²) in [6.07, 6.45) is -2.83. The Kier molecular flexibility index (Phi) is 6.49. The van der Waals surface area contributed by atoms with E-state index in [2.05, 4.69) is 15.1 Å². The maximum atomic E-state index is 13.5. The van der Waals surface area contributed by atoms with Gasteiger partial charge in [-0.3, -0.25) is 14.8 Å². The number of hydrogen-bond donors (Lipinski definition) is 3. The van der Waals surface area contributed by atoms with Gasteiger partial charge in [-0.25, -0.2) is 4.98 Å². The first-order valence-corrected chi connectivity index (χ1v) is 14.6. The standard InChI is InChI=1S/C29H29F6N9O/c30-28(31,32)27(38,29(33,34)35)20-6-3-14(10-39-20)19-12-41-44-24(37)22(13-1-2-13)23(42-25(19)44)15-7-17-4-5-18(8-15)43(17)26(45)16-9-21(36)40-11-16/h3,6,9-10,12-13,15,17-18H,1-2,4-5,7-8,11,37-38H2,(H2,36,40)/t15?,17-,18+. The van der Waals surface area contributed by atoms with Crippen LogP contribution in [0.15, 0.2) is 41.2 Å². The van der Waals surface area contributed by atoms with Crippen molar-refractivity contribution in [3.8, 4) is 11.1 Å². The average Bonchev–Trinajstić information content (AvgIpc) is 3.47. The van der Waals surface area contributed by atoms with Gasteiger partial charge in [0.2, 0.25) is 0 Å². The Hall–Kier alpha value is -4.21. The number of alkyl halides is 6. The van der Waals surface area contributed by atoms with Crippen LogP contribution in [0.5, 0.6) is 0 Å². The van der Waals surface area contributed by atoms with Gasteiger partial charge in [0.25, 0.3) is 11.4 Å². The molecule has 1 unspecified atom stereocenters. The van der Waals surface area contributed by atoms with Crippen molar-refractivity contribution in [1.29, 1.82) is 0 Å². The van der Waals surface area contributed by atoms with Crippen molar-refractivity contribution < 1.29 is 31.1 Å². The highest BCUT2D eigenvalue weighted by Crippen LogP contribution is 2.51. The highest BCUT2D eigenvalue weighted by Gasteiger charge is 2.70. The van der Waals surface area contributed by atoms with Crippen molar-refractivity contribution in [3.63, 3.8) is 0 Å². The topological polar surface area (TPSA) is 154 Å². The molecule has 10 nitrogen and oxygen atoms in total. The second-order valence-electron chi connectivity index (χ2n) is 12.3. The summed E-state index contributed by atoms with van der Waals surface area (Å²) < 4.78 is 82.5. The van der Waals surface area contributed by atoms with Crippen LogP contribution < -0.4 is 17.2 Å². The van der Waals surface area contributed by atoms with E-state index in [0.29, 0.717) is 47.3 Å². The van der Waals surface area contributed by atoms with E-state index in [1.165, 1.54) is 10.7 Å². The minimum atomic E-state index is -5.83. The van der Waals surface area contributed by atoms with Crippen LogP contribution in [0.25, 0.3) is 16.8 Å². The van der Waals surface area contributed by atoms with Gasteiger partial charge >= 0.3 is 12.4 Å². The molecule has 0 aromatic carbocycles. The molecule has 7 rings (SSSR count). The minimum absolute atomic E-state index is 0.00445. The molecule has 0 radical (unpaired) electrons. The lowest BCUT2D eigenvalue weighted by Gasteiger charge is -2.39. The Morgan fingerprint density at radius 3 is 2.11 bits per heavy atom. The largest absolute Gasteiger partial charge is 0.421 e. The van der Waals surface area contributed by atoms with Crippen molar-refractivity contribution in [2.75, 3.05) is 12.3 Å². The van der Waals surface area contributed by atoms with Gasteiger partial charge in [-0.1, -0.05) is 6.07 Å². The fraction of sp³-hybridized carbons (Fsp3) is 0.483. The summed E-state index contributed by atoms with van der Waals surface area (Å²) in [4.78, 5) is 28.0. The maximum Gasteiger partial charge on any atom is 0.421 e. The fourth-order valence-corrected chi connectivity index (χ4v) is 7.06. The predicted molar refractivity (Wildman–Crippen MR) is 151 cm³/mol. The molecule has 6 heterocycles. The first-order chi connectivity index (χ1) is 21.2. The molecule has 3 aromatic rings. The van der Waals surface area contributed by atoms with Crippen LogP contribution in [0.3, 0.4) is 0 Å². The summed E-state index contributed by atoms with van der Waals surface area (Å²) in [5, 5.41) is 4.37. The van der Waals surface area contributed by atoms with Crippen LogP contribution in [0.2, 0.25) is 0 Å². The SMILES string of the molecule is NC1=NCC(C(=O)N2[C@@H]3CC[C@H]2CC(c2nc4c(-c5ccc(C(N)(C(F)(F)F)C(F)(F)F)nc5)cnn4c(N)c2C2CC2)C3)=C1. The number of nitrogens with two attached hydrogens (primary N) is 3. The van der Waals surface area contributed by atoms with Crippen LogP contribution in [0.4, 0.5) is 32.2 Å². The minimum Gasteiger partial charge on any atom is -0.384 e. The highest BCUT2D eigenvalue weighted by atomic mass is 19.4. The summed E-state index contributed by atoms with van der Waals surface area (Å²) in [6, 6.07) is 1.69. The number of halogens is 6. The molecule has 3 fully saturated rings. The first-order valence-electron chi connectivity index (χ1n) is 14.6. The molecule has 238 valence electrons. The molecule has 2 bridgehead atoms. The van der Waals surface area contributed by atoms with E-state index < -0.39 is 23.6 Å². The molecular weight excluding hydrogens is 604 g/mol. The molecule has 3 aliphatic heterocycles. The van der Waals surface area contributed by atoms with Gasteiger partial charge in [-0.15, -0.1) is 0 Å². The van der Waals surface area contributed by atoms with E-state index in [4.69, 9.17) is 22.2 Å². The van der Waals surface area contributed by atoms with Crippen LogP contribution in [-0.2, 0) is 10.3 Å². The van der Waals surface area contributed by atoms with Crippen molar-refractivity contribution in [3.05, 3.63) is 53.1 Å². The number of fused-ring (bicyclic) bond motifs is 3. The Labute approximate surface area is 252 Å². The molecule has 45 heavy (non-hydrogen) atoms. The lowest BCUT2D eigenvalue weighted by Crippen LogP contribution is -2.61. The van der Waals surface area contributed by atoms with E-state index in [1.807, 2.05) is 4.90 Å². The van der Waals surface area contributed by atoms with Crippen molar-refractivity contribution in [1.82, 2.24) is 24.5 Å². The molecule has 1 saturated carbocycles. The lowest BCUT2D eigenvalue weighted by atomic mass is 9.84. The number of pyridine rings is 1. The van der Waals surface area contributed by atoms with Crippen LogP contribution >= 0.6 is 0 Å². The van der Waals surface area contributed by atoms with E-state index in [-0.39, 0.29) is 41.9 Å². The van der Waals surface area contributed by atoms with Gasteiger partial charge in [-0.2, -0.15) is 36.0 Å². The monoisotopic (exact) mass is 633 g/mol. The number of rotatable bonds is 5. The summed E-state index contributed by atoms with van der Waals surface area (Å²) in [7, 11) is 0. The first kappa shape index (κ1) is 29.5. The van der Waals surface area contributed by atoms with E-state index >= 15 is 0 Å². The summed E-state index contributed by atoms with van der Waals surface area (Å²) in [5.41, 5.74) is 14.4. The van der Waals surface area contributed by atoms with Crippen molar-refractivity contribution >= 4 is 23.2 Å². The van der Waals surface area contributed by atoms with Gasteiger partial charge in [0.1, 0.15) is 11.7 Å². The Bertz CT molecular complexity index is 1730. The zero-order valence-electron chi connectivity index (χ0n) is 23.7. The number of anilines is 1. The smallest absolute Gasteiger partial charge is 0.384 e. The molecule has 16 heteroatoms. The summed E-state index contributed by atoms with van der Waals surface area (Å²) >= 11 is 0. The molecule has 3 aromatic heterocycles. The van der Waals surface area contributed by atoms with Gasteiger partial charge in [0.15, 0.2) is 5.65 Å². The second kappa shape index (κ2) is 9.89. The number of amidine groups is 1. The Morgan fingerprint density at radius 2 is 1.58 bits per heavy atom. The summed E-state index contributed by atoms with van der Waals surface area (Å²) in [6.45, 7) is 0.267. The lowest BCUT2D eigenvalue weighted by molar-refractivity contribution is -0.303. The van der Waals surface area contributed by atoms with Crippen LogP contribution in [0.1, 0.15) is 67.3 Å². The van der Waals surface area contributed by atoms with Crippen LogP contribution in [0, 0.1) is 0 Å². The normalized spacial score (nSPS) is 23.9. The number of carbonyl (C=O) groups excluding carboxylic acids is 1. The van der Waals surface area contributed by atoms with Crippen LogP contribution in [-0.4, -0.2) is 67.2 Å². The summed E-state index contributed by atoms with van der Waals surface area (Å²) in [5.74, 6) is 0.856. The zero-order chi connectivity index (χ0) is 32.1. The third-order valence-electron chi connectivity index (χ3n) is 9.49. The highest BCUT2D eigenvalue weighted by molar-refractivity contribution is 6.05. The molecule has 3 atom stereocenters. The quantitative estimate of drug-likeness (QED) is 0.358. The number of amides is 1. The predicted octanol–water partition coefficient (Wildman–Crippen LogP) is 4.06. The number of hydrogen-bond acceptors (Lipinski definition) is 8. The molecule has 0 spiro atoms. The van der Waals surface area contributed by atoms with E-state index in [9.17, 15) is 31.1 Å². The van der Waals surface area contributed by atoms with E-state index in [1.54, 1.807) is 6.08 Å². The second-order valence-corrected chi connectivity index (χ2v) is 12.3. The number of carbonyl (C=O) groups is 1. The number of aliphatic imine (C=N–C) groups is 1. The third-order valence-corrected chi connectivity index (χ3v) is 9.49. The van der Waals surface area contributed by atoms with Crippen molar-refractivity contribution in [2.24, 2.45) is 16.5 Å². The molecule has 2 saturated heterocycles. The van der Waals surface area contributed by atoms with Gasteiger partial charge in [-0.05, 0) is 56.6 Å². The molecule has 1 aliphatic carbocycles. The number of piperidine rings is 1.